The number of ether oxygens (including phenoxy) is 1. The van der Waals surface area contributed by atoms with Gasteiger partial charge in [-0.05, 0) is 24.8 Å². The van der Waals surface area contributed by atoms with Crippen LogP contribution in [-0.2, 0) is 6.61 Å². The van der Waals surface area contributed by atoms with Crippen LogP contribution in [0.1, 0.15) is 35.3 Å². The van der Waals surface area contributed by atoms with Crippen LogP contribution in [0.25, 0.3) is 0 Å². The molecule has 0 bridgehead atoms. The van der Waals surface area contributed by atoms with Gasteiger partial charge in [-0.15, -0.1) is 6.58 Å². The minimum absolute atomic E-state index is 0.0107. The summed E-state index contributed by atoms with van der Waals surface area (Å²) in [6.07, 6.45) is 5.76. The summed E-state index contributed by atoms with van der Waals surface area (Å²) in [5.41, 5.74) is 0.0856. The van der Waals surface area contributed by atoms with Gasteiger partial charge >= 0.3 is 0 Å². The first-order valence-electron chi connectivity index (χ1n) is 8.18. The topological polar surface area (TPSA) is 86.3 Å². The Bertz CT molecular complexity index is 839. The van der Waals surface area contributed by atoms with E-state index in [9.17, 15) is 9.59 Å². The second kappa shape index (κ2) is 6.84. The highest BCUT2D eigenvalue weighted by molar-refractivity contribution is 5.96. The van der Waals surface area contributed by atoms with Gasteiger partial charge < -0.3 is 15.9 Å². The molecule has 1 amide bonds. The minimum atomic E-state index is -0.442. The largest absolute Gasteiger partial charge is 0.482 e. The second-order valence-electron chi connectivity index (χ2n) is 6.21. The van der Waals surface area contributed by atoms with Crippen molar-refractivity contribution in [1.82, 2.24) is 9.99 Å². The molecule has 6 nitrogen and oxygen atoms in total. The number of nitrogens with one attached hydrogen (secondary N) is 1. The zero-order valence-electron chi connectivity index (χ0n) is 13.9. The Balaban J connectivity index is 1.87. The van der Waals surface area contributed by atoms with Gasteiger partial charge in [-0.3, -0.25) is 14.3 Å². The summed E-state index contributed by atoms with van der Waals surface area (Å²) in [5.74, 6) is 5.40. The minimum Gasteiger partial charge on any atom is -0.482 e. The summed E-state index contributed by atoms with van der Waals surface area (Å²) in [7, 11) is 0. The number of hydrogen-bond donors (Lipinski definition) is 2. The molecule has 1 aromatic heterocycles. The number of rotatable bonds is 6. The lowest BCUT2D eigenvalue weighted by Gasteiger charge is -2.40. The highest BCUT2D eigenvalue weighted by Gasteiger charge is 2.36. The van der Waals surface area contributed by atoms with Crippen LogP contribution in [-0.4, -0.2) is 16.1 Å². The predicted octanol–water partition coefficient (Wildman–Crippen LogP) is 1.98. The number of amides is 1. The molecular formula is C19H21N3O3. The summed E-state index contributed by atoms with van der Waals surface area (Å²) in [6.45, 7) is 3.97. The lowest BCUT2D eigenvalue weighted by Crippen LogP contribution is -2.52. The average Bonchev–Trinajstić information content (AvgIpc) is 2.59. The van der Waals surface area contributed by atoms with E-state index in [2.05, 4.69) is 11.9 Å². The molecule has 3 N–H and O–H groups in total. The average molecular weight is 339 g/mol. The summed E-state index contributed by atoms with van der Waals surface area (Å²) in [6, 6.07) is 10.7. The number of carbonyl (C=O) groups is 1. The number of carbonyl (C=O) groups excluding carboxylic acids is 1. The summed E-state index contributed by atoms with van der Waals surface area (Å²) in [5, 5.41) is 2.93. The first kappa shape index (κ1) is 16.8. The van der Waals surface area contributed by atoms with Crippen molar-refractivity contribution in [1.29, 1.82) is 0 Å². The molecule has 1 aliphatic carbocycles. The van der Waals surface area contributed by atoms with Gasteiger partial charge in [-0.25, -0.2) is 0 Å². The van der Waals surface area contributed by atoms with E-state index >= 15 is 0 Å². The Morgan fingerprint density at radius 3 is 2.64 bits per heavy atom. The van der Waals surface area contributed by atoms with E-state index in [1.807, 2.05) is 30.3 Å². The van der Waals surface area contributed by atoms with Crippen LogP contribution in [0.4, 0.5) is 0 Å². The third-order valence-corrected chi connectivity index (χ3v) is 4.52. The van der Waals surface area contributed by atoms with Gasteiger partial charge in [-0.1, -0.05) is 36.4 Å². The molecule has 6 heteroatoms. The van der Waals surface area contributed by atoms with Gasteiger partial charge in [0.05, 0.1) is 5.54 Å². The number of nitrogen functional groups attached to an aromatic ring is 1. The van der Waals surface area contributed by atoms with Crippen molar-refractivity contribution in [3.8, 4) is 5.75 Å². The number of pyridine rings is 1. The quantitative estimate of drug-likeness (QED) is 0.622. The molecule has 130 valence electrons. The smallest absolute Gasteiger partial charge is 0.274 e. The van der Waals surface area contributed by atoms with E-state index in [1.165, 1.54) is 12.3 Å². The fourth-order valence-corrected chi connectivity index (χ4v) is 2.84. The fraction of sp³-hybridized carbons (Fsp3) is 0.263. The maximum absolute atomic E-state index is 12.7. The molecule has 0 unspecified atom stereocenters. The summed E-state index contributed by atoms with van der Waals surface area (Å²) in [4.78, 5) is 25.0. The molecule has 1 fully saturated rings. The van der Waals surface area contributed by atoms with Crippen molar-refractivity contribution in [2.75, 3.05) is 5.84 Å². The van der Waals surface area contributed by atoms with E-state index in [1.54, 1.807) is 6.08 Å². The van der Waals surface area contributed by atoms with Crippen LogP contribution >= 0.6 is 0 Å². The molecule has 1 saturated carbocycles. The molecule has 2 aromatic rings. The van der Waals surface area contributed by atoms with Gasteiger partial charge in [0.1, 0.15) is 6.61 Å². The SMILES string of the molecule is C=CC1(NC(=O)c2c(OCc3ccccc3)c(=O)ccn2N)CCC1. The molecule has 1 aromatic carbocycles. The van der Waals surface area contributed by atoms with Crippen molar-refractivity contribution < 1.29 is 9.53 Å². The third-order valence-electron chi connectivity index (χ3n) is 4.52. The second-order valence-corrected chi connectivity index (χ2v) is 6.21. The van der Waals surface area contributed by atoms with Crippen LogP contribution in [0.15, 0.2) is 60.0 Å². The first-order valence-corrected chi connectivity index (χ1v) is 8.18. The Hall–Kier alpha value is -3.02. The molecule has 0 aliphatic heterocycles. The Labute approximate surface area is 145 Å². The van der Waals surface area contributed by atoms with E-state index in [0.29, 0.717) is 0 Å². The standard InChI is InChI=1S/C19H21N3O3/c1-2-19(10-6-11-19)21-18(24)16-17(15(23)9-12-22(16)20)25-13-14-7-4-3-5-8-14/h2-5,7-9,12H,1,6,10-11,13,20H2,(H,21,24). The van der Waals surface area contributed by atoms with Crippen molar-refractivity contribution >= 4 is 5.91 Å². The van der Waals surface area contributed by atoms with E-state index in [4.69, 9.17) is 10.6 Å². The van der Waals surface area contributed by atoms with Crippen molar-refractivity contribution in [3.63, 3.8) is 0 Å². The normalized spacial score (nSPS) is 15.0. The highest BCUT2D eigenvalue weighted by atomic mass is 16.5. The zero-order chi connectivity index (χ0) is 17.9. The van der Waals surface area contributed by atoms with Crippen LogP contribution in [0.3, 0.4) is 0 Å². The molecular weight excluding hydrogens is 318 g/mol. The maximum Gasteiger partial charge on any atom is 0.274 e. The van der Waals surface area contributed by atoms with Crippen LogP contribution in [0, 0.1) is 0 Å². The summed E-state index contributed by atoms with van der Waals surface area (Å²) >= 11 is 0. The van der Waals surface area contributed by atoms with E-state index < -0.39 is 11.4 Å². The lowest BCUT2D eigenvalue weighted by molar-refractivity contribution is 0.0862. The van der Waals surface area contributed by atoms with Crippen molar-refractivity contribution in [2.24, 2.45) is 0 Å². The third kappa shape index (κ3) is 3.42. The number of aromatic nitrogens is 1. The molecule has 0 radical (unpaired) electrons. The van der Waals surface area contributed by atoms with Gasteiger partial charge in [0, 0.05) is 12.3 Å². The molecule has 0 spiro atoms. The number of hydrogen-bond acceptors (Lipinski definition) is 4. The fourth-order valence-electron chi connectivity index (χ4n) is 2.84. The van der Waals surface area contributed by atoms with Gasteiger partial charge in [0.15, 0.2) is 11.4 Å². The number of benzene rings is 1. The Morgan fingerprint density at radius 1 is 1.32 bits per heavy atom. The van der Waals surface area contributed by atoms with Crippen molar-refractivity contribution in [3.05, 3.63) is 76.7 Å². The van der Waals surface area contributed by atoms with Gasteiger partial charge in [-0.2, -0.15) is 0 Å². The molecule has 25 heavy (non-hydrogen) atoms. The predicted molar refractivity (Wildman–Crippen MR) is 95.9 cm³/mol. The van der Waals surface area contributed by atoms with E-state index in [0.717, 1.165) is 29.5 Å². The van der Waals surface area contributed by atoms with Crippen LogP contribution in [0.2, 0.25) is 0 Å². The first-order chi connectivity index (χ1) is 12.0. The monoisotopic (exact) mass is 339 g/mol. The molecule has 0 saturated heterocycles. The van der Waals surface area contributed by atoms with Gasteiger partial charge in [0.25, 0.3) is 5.91 Å². The highest BCUT2D eigenvalue weighted by Crippen LogP contribution is 2.33. The molecule has 0 atom stereocenters. The number of nitrogens with two attached hydrogens (primary N) is 1. The maximum atomic E-state index is 12.7. The molecule has 1 aliphatic rings. The van der Waals surface area contributed by atoms with Crippen molar-refractivity contribution in [2.45, 2.75) is 31.4 Å². The Morgan fingerprint density at radius 2 is 2.04 bits per heavy atom. The Kier molecular flexibility index (Phi) is 4.61. The van der Waals surface area contributed by atoms with Crippen LogP contribution in [0.5, 0.6) is 5.75 Å². The zero-order valence-corrected chi connectivity index (χ0v) is 13.9. The van der Waals surface area contributed by atoms with Crippen LogP contribution < -0.4 is 21.3 Å². The molecule has 1 heterocycles. The van der Waals surface area contributed by atoms with Gasteiger partial charge in [0.2, 0.25) is 5.43 Å². The lowest BCUT2D eigenvalue weighted by atomic mass is 9.77. The summed E-state index contributed by atoms with van der Waals surface area (Å²) < 4.78 is 6.77. The van der Waals surface area contributed by atoms with E-state index in [-0.39, 0.29) is 23.5 Å². The molecule has 3 rings (SSSR count). The number of nitrogens with zero attached hydrogens (tertiary/aromatic N) is 1.